The molecule has 1 aromatic heterocycles. The number of hydrogen-bond donors (Lipinski definition) is 1. The number of hydrogen-bond acceptors (Lipinski definition) is 3. The van der Waals surface area contributed by atoms with Crippen molar-refractivity contribution in [3.63, 3.8) is 0 Å². The topological polar surface area (TPSA) is 64.0 Å². The van der Waals surface area contributed by atoms with Gasteiger partial charge in [-0.25, -0.2) is 13.1 Å². The second-order valence-electron chi connectivity index (χ2n) is 4.87. The molecule has 0 radical (unpaired) electrons. The highest BCUT2D eigenvalue weighted by molar-refractivity contribution is 7.89. The van der Waals surface area contributed by atoms with Crippen molar-refractivity contribution in [2.24, 2.45) is 7.05 Å². The quantitative estimate of drug-likeness (QED) is 0.858. The first kappa shape index (κ1) is 13.8. The van der Waals surface area contributed by atoms with Gasteiger partial charge in [-0.1, -0.05) is 19.3 Å². The molecule has 7 heteroatoms. The molecule has 102 valence electrons. The van der Waals surface area contributed by atoms with E-state index in [1.807, 2.05) is 0 Å². The fraction of sp³-hybridized carbons (Fsp3) is 0.727. The highest BCUT2D eigenvalue weighted by atomic mass is 35.5. The van der Waals surface area contributed by atoms with Crippen LogP contribution < -0.4 is 4.72 Å². The Bertz CT molecular complexity index is 506. The highest BCUT2D eigenvalue weighted by Crippen LogP contribution is 2.30. The van der Waals surface area contributed by atoms with Crippen LogP contribution in [0.25, 0.3) is 0 Å². The molecule has 1 heterocycles. The summed E-state index contributed by atoms with van der Waals surface area (Å²) >= 11 is 5.99. The van der Waals surface area contributed by atoms with Gasteiger partial charge in [-0.2, -0.15) is 5.10 Å². The van der Waals surface area contributed by atoms with Crippen LogP contribution in [0.4, 0.5) is 0 Å². The van der Waals surface area contributed by atoms with Gasteiger partial charge in [0.2, 0.25) is 0 Å². The van der Waals surface area contributed by atoms with E-state index in [1.54, 1.807) is 7.05 Å². The summed E-state index contributed by atoms with van der Waals surface area (Å²) in [4.78, 5) is 0. The summed E-state index contributed by atoms with van der Waals surface area (Å²) in [5, 5.41) is 4.07. The van der Waals surface area contributed by atoms with E-state index in [2.05, 4.69) is 9.82 Å². The minimum absolute atomic E-state index is 0.178. The number of alkyl halides is 1. The van der Waals surface area contributed by atoms with Crippen molar-refractivity contribution in [3.8, 4) is 0 Å². The van der Waals surface area contributed by atoms with Crippen LogP contribution in [0.3, 0.4) is 0 Å². The maximum absolute atomic E-state index is 12.3. The number of rotatable bonds is 4. The number of sulfonamides is 1. The first-order chi connectivity index (χ1) is 8.49. The molecule has 1 aliphatic carbocycles. The Kier molecular flexibility index (Phi) is 3.99. The Morgan fingerprint density at radius 2 is 2.11 bits per heavy atom. The maximum atomic E-state index is 12.3. The van der Waals surface area contributed by atoms with Gasteiger partial charge in [0.05, 0.1) is 6.20 Å². The third-order valence-electron chi connectivity index (χ3n) is 3.47. The van der Waals surface area contributed by atoms with Gasteiger partial charge in [0, 0.05) is 18.5 Å². The second kappa shape index (κ2) is 5.19. The van der Waals surface area contributed by atoms with E-state index in [0.29, 0.717) is 5.88 Å². The van der Waals surface area contributed by atoms with Gasteiger partial charge in [0.1, 0.15) is 0 Å². The fourth-order valence-electron chi connectivity index (χ4n) is 2.45. The van der Waals surface area contributed by atoms with E-state index in [1.165, 1.54) is 16.9 Å². The summed E-state index contributed by atoms with van der Waals surface area (Å²) in [6.45, 7) is 0. The Balaban J connectivity index is 2.24. The third-order valence-corrected chi connectivity index (χ3v) is 5.63. The van der Waals surface area contributed by atoms with E-state index in [-0.39, 0.29) is 5.03 Å². The molecule has 0 aliphatic heterocycles. The average Bonchev–Trinajstić information content (AvgIpc) is 2.77. The minimum atomic E-state index is -3.55. The van der Waals surface area contributed by atoms with Crippen molar-refractivity contribution in [1.29, 1.82) is 0 Å². The predicted molar refractivity (Wildman–Crippen MR) is 70.1 cm³/mol. The van der Waals surface area contributed by atoms with Crippen LogP contribution >= 0.6 is 11.6 Å². The van der Waals surface area contributed by atoms with E-state index in [9.17, 15) is 8.42 Å². The van der Waals surface area contributed by atoms with Crippen LogP contribution in [0, 0.1) is 0 Å². The van der Waals surface area contributed by atoms with Crippen LogP contribution in [0.15, 0.2) is 17.3 Å². The van der Waals surface area contributed by atoms with Gasteiger partial charge in [0.15, 0.2) is 5.03 Å². The molecule has 5 nitrogen and oxygen atoms in total. The van der Waals surface area contributed by atoms with Crippen LogP contribution in [0.1, 0.15) is 32.1 Å². The van der Waals surface area contributed by atoms with E-state index >= 15 is 0 Å². The largest absolute Gasteiger partial charge is 0.258 e. The zero-order chi connectivity index (χ0) is 13.2. The van der Waals surface area contributed by atoms with Crippen molar-refractivity contribution in [2.75, 3.05) is 5.88 Å². The summed E-state index contributed by atoms with van der Waals surface area (Å²) in [6.07, 6.45) is 6.25. The summed E-state index contributed by atoms with van der Waals surface area (Å²) in [6, 6.07) is 1.49. The molecule has 0 bridgehead atoms. The molecule has 1 aromatic rings. The number of nitrogens with zero attached hydrogens (tertiary/aromatic N) is 2. The van der Waals surface area contributed by atoms with Crippen molar-refractivity contribution in [3.05, 3.63) is 12.3 Å². The van der Waals surface area contributed by atoms with Gasteiger partial charge in [0.25, 0.3) is 10.0 Å². The van der Waals surface area contributed by atoms with Crippen molar-refractivity contribution in [1.82, 2.24) is 14.5 Å². The summed E-state index contributed by atoms with van der Waals surface area (Å²) in [5.74, 6) is 0.310. The third kappa shape index (κ3) is 2.70. The SMILES string of the molecule is Cn1nccc1S(=O)(=O)NC1(CCl)CCCCC1. The predicted octanol–water partition coefficient (Wildman–Crippen LogP) is 1.64. The first-order valence-electron chi connectivity index (χ1n) is 6.07. The smallest absolute Gasteiger partial charge is 0.256 e. The standard InChI is InChI=1S/C11H18ClN3O2S/c1-15-10(5-8-13-15)18(16,17)14-11(9-12)6-3-2-4-7-11/h5,8,14H,2-4,6-7,9H2,1H3. The van der Waals surface area contributed by atoms with Crippen LogP contribution in [-0.4, -0.2) is 29.6 Å². The lowest BCUT2D eigenvalue weighted by atomic mass is 9.84. The summed E-state index contributed by atoms with van der Waals surface area (Å²) in [5.41, 5.74) is -0.497. The van der Waals surface area contributed by atoms with Gasteiger partial charge in [-0.05, 0) is 18.9 Å². The Morgan fingerprint density at radius 1 is 1.44 bits per heavy atom. The first-order valence-corrected chi connectivity index (χ1v) is 8.09. The second-order valence-corrected chi connectivity index (χ2v) is 6.77. The van der Waals surface area contributed by atoms with Crippen LogP contribution in [0.5, 0.6) is 0 Å². The van der Waals surface area contributed by atoms with E-state index in [0.717, 1.165) is 32.1 Å². The molecule has 0 atom stereocenters. The fourth-order valence-corrected chi connectivity index (χ4v) is 4.45. The van der Waals surface area contributed by atoms with Gasteiger partial charge >= 0.3 is 0 Å². The number of nitrogens with one attached hydrogen (secondary N) is 1. The summed E-state index contributed by atoms with van der Waals surface area (Å²) < 4.78 is 28.8. The molecular formula is C11H18ClN3O2S. The molecule has 0 saturated heterocycles. The Hall–Kier alpha value is -0.590. The summed E-state index contributed by atoms with van der Waals surface area (Å²) in [7, 11) is -1.94. The maximum Gasteiger partial charge on any atom is 0.258 e. The monoisotopic (exact) mass is 291 g/mol. The molecule has 1 aliphatic rings. The van der Waals surface area contributed by atoms with Crippen molar-refractivity contribution >= 4 is 21.6 Å². The molecular weight excluding hydrogens is 274 g/mol. The van der Waals surface area contributed by atoms with E-state index < -0.39 is 15.6 Å². The molecule has 0 unspecified atom stereocenters. The number of halogens is 1. The number of aromatic nitrogens is 2. The molecule has 1 saturated carbocycles. The molecule has 1 N–H and O–H groups in total. The van der Waals surface area contributed by atoms with Crippen molar-refractivity contribution < 1.29 is 8.42 Å². The van der Waals surface area contributed by atoms with Gasteiger partial charge in [-0.15, -0.1) is 11.6 Å². The van der Waals surface area contributed by atoms with Crippen molar-refractivity contribution in [2.45, 2.75) is 42.7 Å². The number of aryl methyl sites for hydroxylation is 1. The zero-order valence-electron chi connectivity index (χ0n) is 10.4. The normalized spacial score (nSPS) is 19.9. The van der Waals surface area contributed by atoms with Crippen LogP contribution in [0.2, 0.25) is 0 Å². The lowest BCUT2D eigenvalue weighted by molar-refractivity contribution is 0.297. The van der Waals surface area contributed by atoms with Gasteiger partial charge < -0.3 is 0 Å². The Morgan fingerprint density at radius 3 is 2.61 bits per heavy atom. The van der Waals surface area contributed by atoms with Crippen LogP contribution in [-0.2, 0) is 17.1 Å². The molecule has 0 spiro atoms. The molecule has 2 rings (SSSR count). The zero-order valence-corrected chi connectivity index (χ0v) is 12.0. The molecule has 0 amide bonds. The Labute approximate surface area is 113 Å². The lowest BCUT2D eigenvalue weighted by Crippen LogP contribution is -2.51. The minimum Gasteiger partial charge on any atom is -0.256 e. The average molecular weight is 292 g/mol. The highest BCUT2D eigenvalue weighted by Gasteiger charge is 2.36. The molecule has 0 aromatic carbocycles. The lowest BCUT2D eigenvalue weighted by Gasteiger charge is -2.35. The molecule has 1 fully saturated rings. The molecule has 18 heavy (non-hydrogen) atoms. The van der Waals surface area contributed by atoms with Gasteiger partial charge in [-0.3, -0.25) is 4.68 Å². The van der Waals surface area contributed by atoms with E-state index in [4.69, 9.17) is 11.6 Å².